The van der Waals surface area contributed by atoms with Crippen LogP contribution >= 0.6 is 11.3 Å². The molecule has 0 aromatic carbocycles. The van der Waals surface area contributed by atoms with Crippen LogP contribution in [0.4, 0.5) is 5.13 Å². The summed E-state index contributed by atoms with van der Waals surface area (Å²) in [5.74, 6) is 0.255. The first-order valence-corrected chi connectivity index (χ1v) is 9.62. The van der Waals surface area contributed by atoms with E-state index < -0.39 is 0 Å². The van der Waals surface area contributed by atoms with E-state index in [-0.39, 0.29) is 41.4 Å². The van der Waals surface area contributed by atoms with Crippen LogP contribution in [0.2, 0.25) is 0 Å². The van der Waals surface area contributed by atoms with Crippen LogP contribution in [0.1, 0.15) is 32.1 Å². The number of nitrogens with one attached hydrogen (secondary N) is 1. The molecule has 4 unspecified atom stereocenters. The molecule has 0 radical (unpaired) electrons. The van der Waals surface area contributed by atoms with E-state index in [0.717, 1.165) is 25.7 Å². The van der Waals surface area contributed by atoms with Crippen molar-refractivity contribution in [2.24, 2.45) is 23.7 Å². The lowest BCUT2D eigenvalue weighted by Crippen LogP contribution is -2.33. The lowest BCUT2D eigenvalue weighted by atomic mass is 9.85. The number of hydrogen-bond donors (Lipinski definition) is 1. The van der Waals surface area contributed by atoms with Crippen LogP contribution < -0.4 is 5.32 Å². The zero-order valence-electron chi connectivity index (χ0n) is 13.8. The maximum atomic E-state index is 12.5. The third-order valence-corrected chi connectivity index (χ3v) is 6.06. The van der Waals surface area contributed by atoms with E-state index in [0.29, 0.717) is 18.1 Å². The quantitative estimate of drug-likeness (QED) is 0.455. The van der Waals surface area contributed by atoms with E-state index in [2.05, 4.69) is 27.7 Å². The molecular formula is C17H20N4O3S. The van der Waals surface area contributed by atoms with Crippen LogP contribution in [-0.2, 0) is 14.4 Å². The van der Waals surface area contributed by atoms with Crippen molar-refractivity contribution in [2.45, 2.75) is 32.1 Å². The molecule has 132 valence electrons. The lowest BCUT2D eigenvalue weighted by Gasteiger charge is -2.16. The molecule has 1 aromatic rings. The number of rotatable bonds is 7. The molecule has 2 aliphatic carbocycles. The summed E-state index contributed by atoms with van der Waals surface area (Å²) in [6.45, 7) is 0.474. The van der Waals surface area contributed by atoms with Crippen LogP contribution in [-0.4, -0.2) is 39.4 Å². The molecule has 1 aliphatic heterocycles. The first-order valence-electron chi connectivity index (χ1n) is 8.74. The highest BCUT2D eigenvalue weighted by Crippen LogP contribution is 2.52. The Balaban J connectivity index is 1.19. The highest BCUT2D eigenvalue weighted by atomic mass is 32.1. The second-order valence-electron chi connectivity index (χ2n) is 6.93. The highest BCUT2D eigenvalue weighted by molar-refractivity contribution is 7.13. The van der Waals surface area contributed by atoms with Crippen molar-refractivity contribution in [3.05, 3.63) is 17.7 Å². The van der Waals surface area contributed by atoms with Gasteiger partial charge in [-0.3, -0.25) is 19.3 Å². The minimum atomic E-state index is -0.111. The van der Waals surface area contributed by atoms with Crippen LogP contribution in [0.5, 0.6) is 0 Å². The van der Waals surface area contributed by atoms with Gasteiger partial charge >= 0.3 is 0 Å². The summed E-state index contributed by atoms with van der Waals surface area (Å²) in [6, 6.07) is 0. The Hall–Kier alpha value is -2.09. The Kier molecular flexibility index (Phi) is 4.37. The van der Waals surface area contributed by atoms with Gasteiger partial charge in [-0.1, -0.05) is 29.9 Å². The Labute approximate surface area is 149 Å². The fourth-order valence-corrected chi connectivity index (χ4v) is 4.79. The molecule has 1 aromatic heterocycles. The summed E-state index contributed by atoms with van der Waals surface area (Å²) in [6.07, 6.45) is 7.85. The average Bonchev–Trinajstić information content (AvgIpc) is 3.35. The van der Waals surface area contributed by atoms with E-state index in [1.807, 2.05) is 0 Å². The van der Waals surface area contributed by atoms with E-state index >= 15 is 0 Å². The normalized spacial score (nSPS) is 29.5. The van der Waals surface area contributed by atoms with E-state index in [1.54, 1.807) is 5.51 Å². The van der Waals surface area contributed by atoms with Crippen LogP contribution in [0, 0.1) is 23.7 Å². The van der Waals surface area contributed by atoms with Gasteiger partial charge in [0.2, 0.25) is 22.9 Å². The van der Waals surface area contributed by atoms with Crippen molar-refractivity contribution >= 4 is 34.2 Å². The van der Waals surface area contributed by atoms with Crippen molar-refractivity contribution in [3.63, 3.8) is 0 Å². The van der Waals surface area contributed by atoms with Gasteiger partial charge < -0.3 is 5.32 Å². The molecule has 1 saturated heterocycles. The standard InChI is InChI=1S/C17H20N4O3S/c22-12(19-17-20-18-9-25-17)4-2-1-3-7-21-15(23)13-10-5-6-11(8-10)14(13)16(21)24/h5-6,9-11,13-14H,1-4,7-8H2,(H,19,20,22). The number of carbonyl (C=O) groups excluding carboxylic acids is 3. The Bertz CT molecular complexity index is 687. The largest absolute Gasteiger partial charge is 0.301 e. The van der Waals surface area contributed by atoms with Gasteiger partial charge in [0.15, 0.2) is 0 Å². The van der Waals surface area contributed by atoms with Crippen molar-refractivity contribution in [2.75, 3.05) is 11.9 Å². The van der Waals surface area contributed by atoms with Gasteiger partial charge in [-0.25, -0.2) is 0 Å². The predicted octanol–water partition coefficient (Wildman–Crippen LogP) is 1.84. The maximum absolute atomic E-state index is 12.5. The third-order valence-electron chi connectivity index (χ3n) is 5.45. The monoisotopic (exact) mass is 360 g/mol. The second kappa shape index (κ2) is 6.67. The number of amides is 3. The van der Waals surface area contributed by atoms with Gasteiger partial charge in [0.1, 0.15) is 5.51 Å². The number of aromatic nitrogens is 2. The number of hydrogen-bond acceptors (Lipinski definition) is 6. The van der Waals surface area contributed by atoms with Crippen LogP contribution in [0.25, 0.3) is 0 Å². The fourth-order valence-electron chi connectivity index (χ4n) is 4.33. The van der Waals surface area contributed by atoms with Gasteiger partial charge in [-0.2, -0.15) is 0 Å². The summed E-state index contributed by atoms with van der Waals surface area (Å²) in [5, 5.41) is 10.6. The molecule has 7 nitrogen and oxygen atoms in total. The van der Waals surface area contributed by atoms with Gasteiger partial charge in [0.25, 0.3) is 0 Å². The number of unbranched alkanes of at least 4 members (excludes halogenated alkanes) is 2. The first-order chi connectivity index (χ1) is 12.1. The van der Waals surface area contributed by atoms with Crippen molar-refractivity contribution in [1.29, 1.82) is 0 Å². The zero-order chi connectivity index (χ0) is 17.4. The second-order valence-corrected chi connectivity index (χ2v) is 7.76. The average molecular weight is 360 g/mol. The van der Waals surface area contributed by atoms with Gasteiger partial charge in [0.05, 0.1) is 11.8 Å². The molecule has 2 fully saturated rings. The predicted molar refractivity (Wildman–Crippen MR) is 91.4 cm³/mol. The molecule has 1 N–H and O–H groups in total. The minimum Gasteiger partial charge on any atom is -0.301 e. The lowest BCUT2D eigenvalue weighted by molar-refractivity contribution is -0.140. The molecule has 3 aliphatic rings. The Morgan fingerprint density at radius 2 is 1.88 bits per heavy atom. The van der Waals surface area contributed by atoms with Crippen molar-refractivity contribution in [3.8, 4) is 0 Å². The number of likely N-dealkylation sites (tertiary alicyclic amines) is 1. The molecule has 4 rings (SSSR count). The topological polar surface area (TPSA) is 92.3 Å². The summed E-state index contributed by atoms with van der Waals surface area (Å²) >= 11 is 1.28. The molecule has 2 bridgehead atoms. The smallest absolute Gasteiger partial charge is 0.233 e. The molecule has 4 atom stereocenters. The van der Waals surface area contributed by atoms with Gasteiger partial charge in [-0.15, -0.1) is 10.2 Å². The summed E-state index contributed by atoms with van der Waals surface area (Å²) in [4.78, 5) is 38.3. The van der Waals surface area contributed by atoms with E-state index in [1.165, 1.54) is 16.2 Å². The number of allylic oxidation sites excluding steroid dienone is 2. The molecule has 2 heterocycles. The molecular weight excluding hydrogens is 340 g/mol. The molecule has 1 saturated carbocycles. The summed E-state index contributed by atoms with van der Waals surface area (Å²) < 4.78 is 0. The van der Waals surface area contributed by atoms with Crippen molar-refractivity contribution < 1.29 is 14.4 Å². The van der Waals surface area contributed by atoms with Gasteiger partial charge in [-0.05, 0) is 31.1 Å². The summed E-state index contributed by atoms with van der Waals surface area (Å²) in [7, 11) is 0. The molecule has 25 heavy (non-hydrogen) atoms. The summed E-state index contributed by atoms with van der Waals surface area (Å²) in [5.41, 5.74) is 1.57. The number of imide groups is 1. The number of fused-ring (bicyclic) bond motifs is 5. The minimum absolute atomic E-state index is 0.0147. The Morgan fingerprint density at radius 1 is 1.16 bits per heavy atom. The first kappa shape index (κ1) is 16.4. The van der Waals surface area contributed by atoms with Crippen LogP contribution in [0.15, 0.2) is 17.7 Å². The zero-order valence-corrected chi connectivity index (χ0v) is 14.6. The van der Waals surface area contributed by atoms with Gasteiger partial charge in [0, 0.05) is 13.0 Å². The van der Waals surface area contributed by atoms with Crippen molar-refractivity contribution in [1.82, 2.24) is 15.1 Å². The van der Waals surface area contributed by atoms with E-state index in [4.69, 9.17) is 0 Å². The third kappa shape index (κ3) is 2.99. The number of nitrogens with zero attached hydrogens (tertiary/aromatic N) is 3. The number of anilines is 1. The highest BCUT2D eigenvalue weighted by Gasteiger charge is 2.58. The van der Waals surface area contributed by atoms with Crippen LogP contribution in [0.3, 0.4) is 0 Å². The Morgan fingerprint density at radius 3 is 2.52 bits per heavy atom. The maximum Gasteiger partial charge on any atom is 0.233 e. The molecule has 0 spiro atoms. The SMILES string of the molecule is O=C(CCCCCN1C(=O)C2C3C=CC(C3)C2C1=O)Nc1nncs1. The molecule has 3 amide bonds. The van der Waals surface area contributed by atoms with E-state index in [9.17, 15) is 14.4 Å². The fraction of sp³-hybridized carbons (Fsp3) is 0.588. The number of carbonyl (C=O) groups is 3. The molecule has 8 heteroatoms.